The molecular weight excluding hydrogens is 356 g/mol. The average Bonchev–Trinajstić information content (AvgIpc) is 2.66. The Morgan fingerprint density at radius 2 is 1.70 bits per heavy atom. The lowest BCUT2D eigenvalue weighted by molar-refractivity contribution is 0.187. The molecule has 27 heavy (non-hydrogen) atoms. The molecule has 0 aromatic heterocycles. The first-order chi connectivity index (χ1) is 13.0. The van der Waals surface area contributed by atoms with E-state index in [0.29, 0.717) is 12.5 Å². The Hall–Kier alpha value is -1.69. The molecule has 2 aromatic carbocycles. The third-order valence-corrected chi connectivity index (χ3v) is 6.62. The van der Waals surface area contributed by atoms with E-state index in [4.69, 9.17) is 0 Å². The first-order valence-corrected chi connectivity index (χ1v) is 11.4. The van der Waals surface area contributed by atoms with Crippen LogP contribution in [0.5, 0.6) is 0 Å². The molecule has 0 unspecified atom stereocenters. The average molecular weight is 387 g/mol. The van der Waals surface area contributed by atoms with Crippen molar-refractivity contribution < 1.29 is 8.42 Å². The predicted molar refractivity (Wildman–Crippen MR) is 111 cm³/mol. The van der Waals surface area contributed by atoms with Gasteiger partial charge in [-0.15, -0.1) is 0 Å². The largest absolute Gasteiger partial charge is 0.303 e. The van der Waals surface area contributed by atoms with Gasteiger partial charge in [0.1, 0.15) is 0 Å². The summed E-state index contributed by atoms with van der Waals surface area (Å²) in [6, 6.07) is 18.3. The molecule has 4 nitrogen and oxygen atoms in total. The molecule has 0 aliphatic carbocycles. The van der Waals surface area contributed by atoms with Crippen molar-refractivity contribution in [1.82, 2.24) is 9.62 Å². The van der Waals surface area contributed by atoms with Crippen molar-refractivity contribution in [2.45, 2.75) is 31.9 Å². The van der Waals surface area contributed by atoms with Gasteiger partial charge in [-0.25, -0.2) is 13.1 Å². The van der Waals surface area contributed by atoms with Crippen molar-refractivity contribution >= 4 is 10.0 Å². The molecule has 0 spiro atoms. The Labute approximate surface area is 163 Å². The summed E-state index contributed by atoms with van der Waals surface area (Å²) in [5.74, 6) is 0.496. The highest BCUT2D eigenvalue weighted by molar-refractivity contribution is 7.88. The summed E-state index contributed by atoms with van der Waals surface area (Å²) in [5, 5.41) is 0. The number of benzene rings is 2. The highest BCUT2D eigenvalue weighted by atomic mass is 32.2. The smallest absolute Gasteiger partial charge is 0.215 e. The third kappa shape index (κ3) is 6.76. The van der Waals surface area contributed by atoms with Crippen molar-refractivity contribution in [2.75, 3.05) is 26.2 Å². The standard InChI is InChI=1S/C22H30N2O2S/c1-19-6-5-9-22(16-19)18-27(25,26)23-17-21-11-14-24(15-12-21)13-10-20-7-3-2-4-8-20/h2-9,16,21,23H,10-15,17-18H2,1H3. The van der Waals surface area contributed by atoms with Gasteiger partial charge in [-0.1, -0.05) is 60.2 Å². The Kier molecular flexibility index (Phi) is 7.05. The minimum atomic E-state index is -3.27. The van der Waals surface area contributed by atoms with Crippen LogP contribution in [0.15, 0.2) is 54.6 Å². The second kappa shape index (κ2) is 9.49. The maximum absolute atomic E-state index is 12.4. The van der Waals surface area contributed by atoms with Gasteiger partial charge in [-0.05, 0) is 56.3 Å². The summed E-state index contributed by atoms with van der Waals surface area (Å²) in [6.45, 7) is 5.72. The molecule has 1 heterocycles. The number of rotatable bonds is 8. The zero-order valence-corrected chi connectivity index (χ0v) is 16.9. The van der Waals surface area contributed by atoms with Crippen molar-refractivity contribution in [1.29, 1.82) is 0 Å². The molecule has 1 saturated heterocycles. The lowest BCUT2D eigenvalue weighted by Crippen LogP contribution is -2.39. The summed E-state index contributed by atoms with van der Waals surface area (Å²) in [7, 11) is -3.27. The summed E-state index contributed by atoms with van der Waals surface area (Å²) in [6.07, 6.45) is 3.19. The van der Waals surface area contributed by atoms with E-state index < -0.39 is 10.0 Å². The third-order valence-electron chi connectivity index (χ3n) is 5.30. The van der Waals surface area contributed by atoms with E-state index in [-0.39, 0.29) is 5.75 Å². The van der Waals surface area contributed by atoms with Crippen LogP contribution < -0.4 is 4.72 Å². The summed E-state index contributed by atoms with van der Waals surface area (Å²) in [4.78, 5) is 2.49. The first-order valence-electron chi connectivity index (χ1n) is 9.79. The number of nitrogens with zero attached hydrogens (tertiary/aromatic N) is 1. The fourth-order valence-corrected chi connectivity index (χ4v) is 4.87. The molecule has 0 radical (unpaired) electrons. The highest BCUT2D eigenvalue weighted by Gasteiger charge is 2.21. The number of hydrogen-bond donors (Lipinski definition) is 1. The molecule has 5 heteroatoms. The van der Waals surface area contributed by atoms with Crippen molar-refractivity contribution in [2.24, 2.45) is 5.92 Å². The topological polar surface area (TPSA) is 49.4 Å². The van der Waals surface area contributed by atoms with E-state index in [1.165, 1.54) is 5.56 Å². The maximum atomic E-state index is 12.4. The molecule has 1 aliphatic heterocycles. The molecule has 1 N–H and O–H groups in total. The van der Waals surface area contributed by atoms with Crippen LogP contribution in [0.3, 0.4) is 0 Å². The summed E-state index contributed by atoms with van der Waals surface area (Å²) < 4.78 is 27.5. The molecule has 0 bridgehead atoms. The molecule has 0 atom stereocenters. The SMILES string of the molecule is Cc1cccc(CS(=O)(=O)NCC2CCN(CCc3ccccc3)CC2)c1. The number of aryl methyl sites for hydroxylation is 1. The molecule has 0 saturated carbocycles. The van der Waals surface area contributed by atoms with Gasteiger partial charge in [0, 0.05) is 13.1 Å². The van der Waals surface area contributed by atoms with Gasteiger partial charge in [0.2, 0.25) is 10.0 Å². The lowest BCUT2D eigenvalue weighted by atomic mass is 9.97. The number of likely N-dealkylation sites (tertiary alicyclic amines) is 1. The van der Waals surface area contributed by atoms with Crippen LogP contribution in [0.1, 0.15) is 29.5 Å². The van der Waals surface area contributed by atoms with Crippen molar-refractivity contribution in [3.05, 3.63) is 71.3 Å². The molecule has 2 aromatic rings. The fraction of sp³-hybridized carbons (Fsp3) is 0.455. The van der Waals surface area contributed by atoms with Crippen LogP contribution in [-0.4, -0.2) is 39.5 Å². The van der Waals surface area contributed by atoms with Gasteiger partial charge in [-0.2, -0.15) is 0 Å². The van der Waals surface area contributed by atoms with Crippen LogP contribution in [-0.2, 0) is 22.2 Å². The zero-order chi connectivity index (χ0) is 19.1. The van der Waals surface area contributed by atoms with E-state index in [2.05, 4.69) is 40.0 Å². The van der Waals surface area contributed by atoms with Crippen LogP contribution in [0, 0.1) is 12.8 Å². The highest BCUT2D eigenvalue weighted by Crippen LogP contribution is 2.17. The molecule has 0 amide bonds. The maximum Gasteiger partial charge on any atom is 0.215 e. The normalized spacial score (nSPS) is 16.5. The molecule has 1 aliphatic rings. The molecule has 1 fully saturated rings. The first kappa shape index (κ1) is 20.1. The summed E-state index contributed by atoms with van der Waals surface area (Å²) >= 11 is 0. The zero-order valence-electron chi connectivity index (χ0n) is 16.1. The summed E-state index contributed by atoms with van der Waals surface area (Å²) in [5.41, 5.74) is 3.31. The van der Waals surface area contributed by atoms with Gasteiger partial charge in [0.05, 0.1) is 5.75 Å². The van der Waals surface area contributed by atoms with Crippen molar-refractivity contribution in [3.8, 4) is 0 Å². The van der Waals surface area contributed by atoms with E-state index in [1.807, 2.05) is 31.2 Å². The Morgan fingerprint density at radius 3 is 2.41 bits per heavy atom. The predicted octanol–water partition coefficient (Wildman–Crippen LogP) is 3.37. The second-order valence-corrected chi connectivity index (χ2v) is 9.42. The minimum absolute atomic E-state index is 0.0601. The van der Waals surface area contributed by atoms with E-state index in [9.17, 15) is 8.42 Å². The van der Waals surface area contributed by atoms with Gasteiger partial charge in [0.25, 0.3) is 0 Å². The van der Waals surface area contributed by atoms with Crippen molar-refractivity contribution in [3.63, 3.8) is 0 Å². The quantitative estimate of drug-likeness (QED) is 0.757. The molecule has 3 rings (SSSR count). The minimum Gasteiger partial charge on any atom is -0.303 e. The molecular formula is C22H30N2O2S. The second-order valence-electron chi connectivity index (χ2n) is 7.62. The van der Waals surface area contributed by atoms with E-state index in [1.54, 1.807) is 0 Å². The van der Waals surface area contributed by atoms with Gasteiger partial charge >= 0.3 is 0 Å². The fourth-order valence-electron chi connectivity index (χ4n) is 3.66. The monoisotopic (exact) mass is 386 g/mol. The number of nitrogens with one attached hydrogen (secondary N) is 1. The Balaban J connectivity index is 1.38. The Morgan fingerprint density at radius 1 is 1.00 bits per heavy atom. The lowest BCUT2D eigenvalue weighted by Gasteiger charge is -2.32. The number of hydrogen-bond acceptors (Lipinski definition) is 3. The van der Waals surface area contributed by atoms with E-state index in [0.717, 1.165) is 50.0 Å². The van der Waals surface area contributed by atoms with Crippen LogP contribution in [0.25, 0.3) is 0 Å². The number of sulfonamides is 1. The van der Waals surface area contributed by atoms with Crippen LogP contribution in [0.2, 0.25) is 0 Å². The van der Waals surface area contributed by atoms with Gasteiger partial charge in [0.15, 0.2) is 0 Å². The van der Waals surface area contributed by atoms with Crippen LogP contribution >= 0.6 is 0 Å². The molecule has 146 valence electrons. The Bertz CT molecular complexity index is 813. The van der Waals surface area contributed by atoms with E-state index >= 15 is 0 Å². The van der Waals surface area contributed by atoms with Crippen LogP contribution in [0.4, 0.5) is 0 Å². The van der Waals surface area contributed by atoms with Gasteiger partial charge < -0.3 is 4.90 Å². The van der Waals surface area contributed by atoms with Gasteiger partial charge in [-0.3, -0.25) is 0 Å². The number of piperidine rings is 1.